The number of hydrogen-bond donors (Lipinski definition) is 0. The fourth-order valence-corrected chi connectivity index (χ4v) is 1.72. The number of rotatable bonds is 4. The Hall–Kier alpha value is 0.274. The van der Waals surface area contributed by atoms with Gasteiger partial charge in [-0.25, -0.2) is 0 Å². The molecule has 0 unspecified atom stereocenters. The van der Waals surface area contributed by atoms with Crippen molar-refractivity contribution in [2.24, 2.45) is 0 Å². The van der Waals surface area contributed by atoms with Crippen LogP contribution in [0.25, 0.3) is 5.32 Å². The minimum Gasteiger partial charge on any atom is -0.649 e. The predicted octanol–water partition coefficient (Wildman–Crippen LogP) is 3.37. The van der Waals surface area contributed by atoms with Crippen LogP contribution < -0.4 is 0 Å². The predicted molar refractivity (Wildman–Crippen MR) is 56.5 cm³/mol. The average molecular weight is 285 g/mol. The summed E-state index contributed by atoms with van der Waals surface area (Å²) < 4.78 is 0. The van der Waals surface area contributed by atoms with Crippen LogP contribution in [-0.4, -0.2) is 12.5 Å². The van der Waals surface area contributed by atoms with E-state index in [2.05, 4.69) is 12.2 Å². The average Bonchev–Trinajstić information content (AvgIpc) is 2.52. The van der Waals surface area contributed by atoms with Gasteiger partial charge in [-0.15, -0.1) is 17.9 Å². The van der Waals surface area contributed by atoms with E-state index in [4.69, 9.17) is 0 Å². The van der Waals surface area contributed by atoms with Crippen LogP contribution in [0.5, 0.6) is 0 Å². The monoisotopic (exact) mass is 285 g/mol. The number of hydrogen-bond acceptors (Lipinski definition) is 2. The molecule has 0 N–H and O–H groups in total. The van der Waals surface area contributed by atoms with E-state index in [0.717, 1.165) is 23.3 Å². The molecule has 2 nitrogen and oxygen atoms in total. The molecule has 0 saturated heterocycles. The minimum absolute atomic E-state index is 0. The van der Waals surface area contributed by atoms with Crippen molar-refractivity contribution in [1.29, 1.82) is 0 Å². The first kappa shape index (κ1) is 14.3. The summed E-state index contributed by atoms with van der Waals surface area (Å²) in [5.74, 6) is -0.0628. The largest absolute Gasteiger partial charge is 0.649 e. The Labute approximate surface area is 114 Å². The van der Waals surface area contributed by atoms with Crippen LogP contribution in [-0.2, 0) is 32.7 Å². The third kappa shape index (κ3) is 4.20. The fourth-order valence-electron chi connectivity index (χ4n) is 1.03. The Morgan fingerprint density at radius 2 is 2.29 bits per heavy atom. The van der Waals surface area contributed by atoms with Crippen LogP contribution in [0.4, 0.5) is 0 Å². The molecule has 4 heteroatoms. The van der Waals surface area contributed by atoms with Gasteiger partial charge in [0.25, 0.3) is 0 Å². The summed E-state index contributed by atoms with van der Waals surface area (Å²) in [7, 11) is 0. The molecule has 75 valence electrons. The molecule has 1 heterocycles. The van der Waals surface area contributed by atoms with Gasteiger partial charge < -0.3 is 10.1 Å². The molecular formula is C10H14NOSY-. The Kier molecular flexibility index (Phi) is 7.70. The van der Waals surface area contributed by atoms with E-state index in [1.807, 2.05) is 18.4 Å². The van der Waals surface area contributed by atoms with E-state index < -0.39 is 0 Å². The number of thiophene rings is 1. The zero-order chi connectivity index (χ0) is 9.68. The van der Waals surface area contributed by atoms with Crippen LogP contribution in [0.15, 0.2) is 11.4 Å². The summed E-state index contributed by atoms with van der Waals surface area (Å²) in [6, 6.07) is 1.85. The molecule has 0 aliphatic carbocycles. The van der Waals surface area contributed by atoms with E-state index >= 15 is 0 Å². The van der Waals surface area contributed by atoms with Gasteiger partial charge in [0.1, 0.15) is 0 Å². The summed E-state index contributed by atoms with van der Waals surface area (Å²) >= 11 is 1.59. The summed E-state index contributed by atoms with van der Waals surface area (Å²) in [5.41, 5.74) is 0.765. The van der Waals surface area contributed by atoms with Crippen molar-refractivity contribution in [2.45, 2.75) is 26.7 Å². The van der Waals surface area contributed by atoms with Crippen molar-refractivity contribution in [3.05, 3.63) is 27.2 Å². The standard InChI is InChI=1S/C10H15NOS.Y/c1-3-4-6-11-10(12)9-5-7-13-8(9)2;/h5,7H,3-4,6H2,1-2H3,(H,11,12);/p-1. The molecule has 1 aromatic heterocycles. The van der Waals surface area contributed by atoms with Gasteiger partial charge in [0.05, 0.1) is 5.91 Å². The SMILES string of the molecule is CCCC[N-]C(=O)c1ccsc1C.[Y]. The number of nitrogens with zero attached hydrogens (tertiary/aromatic N) is 1. The molecule has 0 aliphatic rings. The second-order valence-electron chi connectivity index (χ2n) is 2.93. The van der Waals surface area contributed by atoms with Crippen LogP contribution >= 0.6 is 11.3 Å². The minimum atomic E-state index is -0.0628. The van der Waals surface area contributed by atoms with Gasteiger partial charge in [0.2, 0.25) is 0 Å². The van der Waals surface area contributed by atoms with E-state index in [1.54, 1.807) is 11.3 Å². The van der Waals surface area contributed by atoms with Crippen molar-refractivity contribution < 1.29 is 37.5 Å². The number of aryl methyl sites for hydroxylation is 1. The number of amides is 1. The maximum atomic E-state index is 11.4. The molecule has 1 aromatic rings. The van der Waals surface area contributed by atoms with E-state index in [1.165, 1.54) is 0 Å². The molecule has 0 bridgehead atoms. The molecule has 1 rings (SSSR count). The van der Waals surface area contributed by atoms with Gasteiger partial charge in [-0.2, -0.15) is 0 Å². The van der Waals surface area contributed by atoms with Crippen molar-refractivity contribution in [1.82, 2.24) is 0 Å². The Morgan fingerprint density at radius 3 is 2.79 bits per heavy atom. The maximum absolute atomic E-state index is 11.4. The molecule has 0 fully saturated rings. The fraction of sp³-hybridized carbons (Fsp3) is 0.500. The second-order valence-corrected chi connectivity index (χ2v) is 4.05. The van der Waals surface area contributed by atoms with Gasteiger partial charge >= 0.3 is 0 Å². The summed E-state index contributed by atoms with van der Waals surface area (Å²) in [6.07, 6.45) is 2.08. The van der Waals surface area contributed by atoms with Gasteiger partial charge in [-0.3, -0.25) is 0 Å². The molecule has 14 heavy (non-hydrogen) atoms. The summed E-state index contributed by atoms with van der Waals surface area (Å²) in [6.45, 7) is 4.70. The van der Waals surface area contributed by atoms with Crippen LogP contribution in [0, 0.1) is 6.92 Å². The Balaban J connectivity index is 0.00000169. The van der Waals surface area contributed by atoms with Crippen LogP contribution in [0.3, 0.4) is 0 Å². The molecule has 0 saturated carbocycles. The van der Waals surface area contributed by atoms with Crippen molar-refractivity contribution in [3.63, 3.8) is 0 Å². The Morgan fingerprint density at radius 1 is 1.57 bits per heavy atom. The number of unbranched alkanes of at least 4 members (excludes halogenated alkanes) is 1. The smallest absolute Gasteiger partial charge is 0.0831 e. The normalized spacial score (nSPS) is 9.29. The van der Waals surface area contributed by atoms with E-state index in [9.17, 15) is 4.79 Å². The first-order chi connectivity index (χ1) is 6.25. The quantitative estimate of drug-likeness (QED) is 0.780. The molecule has 0 aromatic carbocycles. The van der Waals surface area contributed by atoms with Gasteiger partial charge in [-0.1, -0.05) is 19.8 Å². The third-order valence-electron chi connectivity index (χ3n) is 1.86. The molecule has 0 spiro atoms. The van der Waals surface area contributed by atoms with Crippen LogP contribution in [0.2, 0.25) is 0 Å². The van der Waals surface area contributed by atoms with Crippen LogP contribution in [0.1, 0.15) is 35.0 Å². The third-order valence-corrected chi connectivity index (χ3v) is 2.70. The topological polar surface area (TPSA) is 31.2 Å². The Bertz CT molecular complexity index is 285. The number of carbonyl (C=O) groups is 1. The van der Waals surface area contributed by atoms with Crippen molar-refractivity contribution in [2.75, 3.05) is 6.54 Å². The molecule has 0 aliphatic heterocycles. The zero-order valence-corrected chi connectivity index (χ0v) is 12.3. The molecule has 1 radical (unpaired) electrons. The van der Waals surface area contributed by atoms with E-state index in [0.29, 0.717) is 6.54 Å². The van der Waals surface area contributed by atoms with Gasteiger partial charge in [-0.05, 0) is 18.4 Å². The summed E-state index contributed by atoms with van der Waals surface area (Å²) in [4.78, 5) is 12.5. The summed E-state index contributed by atoms with van der Waals surface area (Å²) in [5, 5.41) is 5.91. The first-order valence-electron chi connectivity index (χ1n) is 4.51. The van der Waals surface area contributed by atoms with Gasteiger partial charge in [0.15, 0.2) is 0 Å². The van der Waals surface area contributed by atoms with E-state index in [-0.39, 0.29) is 38.6 Å². The van der Waals surface area contributed by atoms with Crippen molar-refractivity contribution >= 4 is 17.2 Å². The maximum Gasteiger partial charge on any atom is 0.0831 e. The first-order valence-corrected chi connectivity index (χ1v) is 5.39. The van der Waals surface area contributed by atoms with Gasteiger partial charge in [0, 0.05) is 43.1 Å². The van der Waals surface area contributed by atoms with Crippen molar-refractivity contribution in [3.8, 4) is 0 Å². The zero-order valence-electron chi connectivity index (χ0n) is 8.62. The molecule has 0 atom stereocenters. The number of carbonyl (C=O) groups excluding carboxylic acids is 1. The second kappa shape index (κ2) is 7.55. The molecule has 1 amide bonds. The molecular weight excluding hydrogens is 271 g/mol.